The van der Waals surface area contributed by atoms with Crippen LogP contribution in [0.5, 0.6) is 0 Å². The Morgan fingerprint density at radius 3 is 2.60 bits per heavy atom. The zero-order valence-corrected chi connectivity index (χ0v) is 15.1. The first-order valence-corrected chi connectivity index (χ1v) is 8.85. The van der Waals surface area contributed by atoms with Gasteiger partial charge in [-0.25, -0.2) is 0 Å². The Labute approximate surface area is 156 Å². The van der Waals surface area contributed by atoms with Crippen molar-refractivity contribution in [2.24, 2.45) is 5.92 Å². The molecule has 130 valence electrons. The quantitative estimate of drug-likeness (QED) is 0.856. The smallest absolute Gasteiger partial charge is 0.229 e. The van der Waals surface area contributed by atoms with Crippen LogP contribution in [-0.4, -0.2) is 29.8 Å². The van der Waals surface area contributed by atoms with Gasteiger partial charge in [-0.15, -0.1) is 0 Å². The molecule has 2 amide bonds. The molecular formula is C19H18Cl2N2O2. The lowest BCUT2D eigenvalue weighted by Crippen LogP contribution is -2.30. The lowest BCUT2D eigenvalue weighted by molar-refractivity contribution is -0.128. The van der Waals surface area contributed by atoms with Crippen molar-refractivity contribution in [3.8, 4) is 0 Å². The minimum atomic E-state index is -0.331. The van der Waals surface area contributed by atoms with Crippen LogP contribution < -0.4 is 5.32 Å². The summed E-state index contributed by atoms with van der Waals surface area (Å²) in [4.78, 5) is 26.3. The second-order valence-electron chi connectivity index (χ2n) is 6.12. The maximum Gasteiger partial charge on any atom is 0.229 e. The monoisotopic (exact) mass is 376 g/mol. The van der Waals surface area contributed by atoms with Crippen molar-refractivity contribution >= 4 is 40.7 Å². The van der Waals surface area contributed by atoms with Crippen LogP contribution in [0, 0.1) is 5.92 Å². The molecule has 25 heavy (non-hydrogen) atoms. The molecule has 0 aliphatic carbocycles. The normalized spacial score (nSPS) is 17.0. The van der Waals surface area contributed by atoms with Gasteiger partial charge < -0.3 is 10.2 Å². The largest absolute Gasteiger partial charge is 0.342 e. The van der Waals surface area contributed by atoms with Crippen LogP contribution >= 0.6 is 23.2 Å². The molecule has 1 heterocycles. The number of nitrogens with zero attached hydrogens (tertiary/aromatic N) is 1. The van der Waals surface area contributed by atoms with E-state index in [-0.39, 0.29) is 24.2 Å². The van der Waals surface area contributed by atoms with Gasteiger partial charge in [0, 0.05) is 35.2 Å². The SMILES string of the molecule is O=C(Nc1ccc(Cl)cc1)C1CC(=O)N(CCc2cccc(Cl)c2)C1. The Bertz CT molecular complexity index is 777. The molecule has 0 aromatic heterocycles. The fourth-order valence-corrected chi connectivity index (χ4v) is 3.24. The highest BCUT2D eigenvalue weighted by molar-refractivity contribution is 6.30. The summed E-state index contributed by atoms with van der Waals surface area (Å²) in [5, 5.41) is 4.14. The number of carbonyl (C=O) groups is 2. The maximum atomic E-state index is 12.4. The molecule has 1 aliphatic heterocycles. The summed E-state index contributed by atoms with van der Waals surface area (Å²) < 4.78 is 0. The molecule has 0 bridgehead atoms. The van der Waals surface area contributed by atoms with E-state index in [0.717, 1.165) is 12.0 Å². The molecule has 1 saturated heterocycles. The van der Waals surface area contributed by atoms with E-state index in [1.165, 1.54) is 0 Å². The zero-order chi connectivity index (χ0) is 17.8. The molecule has 0 spiro atoms. The van der Waals surface area contributed by atoms with Gasteiger partial charge in [0.1, 0.15) is 0 Å². The molecule has 4 nitrogen and oxygen atoms in total. The Balaban J connectivity index is 1.54. The fourth-order valence-electron chi connectivity index (χ4n) is 2.90. The van der Waals surface area contributed by atoms with Crippen molar-refractivity contribution in [3.63, 3.8) is 0 Å². The van der Waals surface area contributed by atoms with Gasteiger partial charge in [0.05, 0.1) is 5.92 Å². The van der Waals surface area contributed by atoms with Crippen LogP contribution in [0.1, 0.15) is 12.0 Å². The van der Waals surface area contributed by atoms with Crippen molar-refractivity contribution < 1.29 is 9.59 Å². The Morgan fingerprint density at radius 1 is 1.12 bits per heavy atom. The number of anilines is 1. The topological polar surface area (TPSA) is 49.4 Å². The van der Waals surface area contributed by atoms with E-state index in [9.17, 15) is 9.59 Å². The lowest BCUT2D eigenvalue weighted by Gasteiger charge is -2.16. The Morgan fingerprint density at radius 2 is 1.88 bits per heavy atom. The molecule has 0 saturated carbocycles. The minimum absolute atomic E-state index is 0.0123. The highest BCUT2D eigenvalue weighted by Crippen LogP contribution is 2.21. The van der Waals surface area contributed by atoms with Crippen LogP contribution in [0.3, 0.4) is 0 Å². The number of halogens is 2. The fraction of sp³-hybridized carbons (Fsp3) is 0.263. The van der Waals surface area contributed by atoms with Gasteiger partial charge in [-0.2, -0.15) is 0 Å². The van der Waals surface area contributed by atoms with Gasteiger partial charge in [-0.05, 0) is 48.4 Å². The summed E-state index contributed by atoms with van der Waals surface area (Å²) in [6, 6.07) is 14.5. The summed E-state index contributed by atoms with van der Waals surface area (Å²) in [6.07, 6.45) is 0.965. The zero-order valence-electron chi connectivity index (χ0n) is 13.5. The molecule has 2 aromatic carbocycles. The number of rotatable bonds is 5. The van der Waals surface area contributed by atoms with Gasteiger partial charge in [-0.1, -0.05) is 35.3 Å². The van der Waals surface area contributed by atoms with E-state index in [0.29, 0.717) is 28.8 Å². The average molecular weight is 377 g/mol. The molecule has 3 rings (SSSR count). The third-order valence-corrected chi connectivity index (χ3v) is 4.74. The van der Waals surface area contributed by atoms with Crippen LogP contribution in [0.25, 0.3) is 0 Å². The second-order valence-corrected chi connectivity index (χ2v) is 6.99. The van der Waals surface area contributed by atoms with E-state index in [2.05, 4.69) is 5.32 Å². The number of hydrogen-bond donors (Lipinski definition) is 1. The highest BCUT2D eigenvalue weighted by Gasteiger charge is 2.33. The first-order chi connectivity index (χ1) is 12.0. The second kappa shape index (κ2) is 7.89. The number of carbonyl (C=O) groups excluding carboxylic acids is 2. The van der Waals surface area contributed by atoms with Crippen molar-refractivity contribution in [3.05, 3.63) is 64.1 Å². The predicted molar refractivity (Wildman–Crippen MR) is 99.9 cm³/mol. The van der Waals surface area contributed by atoms with E-state index < -0.39 is 0 Å². The molecule has 1 fully saturated rings. The van der Waals surface area contributed by atoms with E-state index in [4.69, 9.17) is 23.2 Å². The summed E-state index contributed by atoms with van der Waals surface area (Å²) >= 11 is 11.8. The molecule has 1 N–H and O–H groups in total. The minimum Gasteiger partial charge on any atom is -0.342 e. The van der Waals surface area contributed by atoms with Crippen LogP contribution in [0.4, 0.5) is 5.69 Å². The van der Waals surface area contributed by atoms with Crippen molar-refractivity contribution in [2.45, 2.75) is 12.8 Å². The van der Waals surface area contributed by atoms with Crippen LogP contribution in [-0.2, 0) is 16.0 Å². The van der Waals surface area contributed by atoms with Crippen LogP contribution in [0.15, 0.2) is 48.5 Å². The first kappa shape index (κ1) is 17.8. The summed E-state index contributed by atoms with van der Waals surface area (Å²) in [6.45, 7) is 1.03. The van der Waals surface area contributed by atoms with Gasteiger partial charge in [0.2, 0.25) is 11.8 Å². The Kier molecular flexibility index (Phi) is 5.61. The van der Waals surface area contributed by atoms with E-state index >= 15 is 0 Å². The van der Waals surface area contributed by atoms with E-state index in [1.54, 1.807) is 29.2 Å². The molecule has 1 unspecified atom stereocenters. The molecule has 0 radical (unpaired) electrons. The van der Waals surface area contributed by atoms with Gasteiger partial charge in [0.25, 0.3) is 0 Å². The maximum absolute atomic E-state index is 12.4. The number of nitrogens with one attached hydrogen (secondary N) is 1. The number of hydrogen-bond acceptors (Lipinski definition) is 2. The summed E-state index contributed by atoms with van der Waals surface area (Å²) in [5.74, 6) is -0.457. The van der Waals surface area contributed by atoms with Crippen molar-refractivity contribution in [2.75, 3.05) is 18.4 Å². The molecular weight excluding hydrogens is 359 g/mol. The lowest BCUT2D eigenvalue weighted by atomic mass is 10.1. The van der Waals surface area contributed by atoms with Crippen molar-refractivity contribution in [1.82, 2.24) is 4.90 Å². The molecule has 2 aromatic rings. The first-order valence-electron chi connectivity index (χ1n) is 8.10. The molecule has 6 heteroatoms. The average Bonchev–Trinajstić information content (AvgIpc) is 2.96. The summed E-state index contributed by atoms with van der Waals surface area (Å²) in [7, 11) is 0. The van der Waals surface area contributed by atoms with Crippen molar-refractivity contribution in [1.29, 1.82) is 0 Å². The van der Waals surface area contributed by atoms with Gasteiger partial charge in [-0.3, -0.25) is 9.59 Å². The number of amides is 2. The number of likely N-dealkylation sites (tertiary alicyclic amines) is 1. The van der Waals surface area contributed by atoms with E-state index in [1.807, 2.05) is 24.3 Å². The van der Waals surface area contributed by atoms with Gasteiger partial charge in [0.15, 0.2) is 0 Å². The number of benzene rings is 2. The third-order valence-electron chi connectivity index (χ3n) is 4.26. The van der Waals surface area contributed by atoms with Crippen LogP contribution in [0.2, 0.25) is 10.0 Å². The molecule has 1 atom stereocenters. The third kappa shape index (κ3) is 4.74. The van der Waals surface area contributed by atoms with Gasteiger partial charge >= 0.3 is 0 Å². The standard InChI is InChI=1S/C19H18Cl2N2O2/c20-15-4-6-17(7-5-15)22-19(25)14-11-18(24)23(12-14)9-8-13-2-1-3-16(21)10-13/h1-7,10,14H,8-9,11-12H2,(H,22,25). The summed E-state index contributed by atoms with van der Waals surface area (Å²) in [5.41, 5.74) is 1.76. The molecule has 1 aliphatic rings. The Hall–Kier alpha value is -2.04. The predicted octanol–water partition coefficient (Wildman–Crippen LogP) is 4.02. The highest BCUT2D eigenvalue weighted by atomic mass is 35.5.